The zero-order chi connectivity index (χ0) is 15.6. The molecular weight excluding hydrogens is 289 g/mol. The first kappa shape index (κ1) is 14.8. The Labute approximate surface area is 117 Å². The first-order chi connectivity index (χ1) is 9.81. The number of nitro benzene ring substituents is 1. The number of aromatic nitrogens is 2. The van der Waals surface area contributed by atoms with E-state index in [2.05, 4.69) is 10.4 Å². The van der Waals surface area contributed by atoms with Gasteiger partial charge in [-0.05, 0) is 19.1 Å². The van der Waals surface area contributed by atoms with Crippen molar-refractivity contribution in [2.45, 2.75) is 19.6 Å². The van der Waals surface area contributed by atoms with E-state index < -0.39 is 22.4 Å². The van der Waals surface area contributed by atoms with Gasteiger partial charge in [0.05, 0.1) is 16.8 Å². The molecule has 0 radical (unpaired) electrons. The molecule has 0 fully saturated rings. The van der Waals surface area contributed by atoms with Crippen molar-refractivity contribution < 1.29 is 18.1 Å². The van der Waals surface area contributed by atoms with E-state index in [4.69, 9.17) is 0 Å². The molecule has 0 aliphatic carbocycles. The number of anilines is 2. The summed E-state index contributed by atoms with van der Waals surface area (Å²) in [7, 11) is 0. The van der Waals surface area contributed by atoms with E-state index >= 15 is 0 Å². The number of rotatable bonds is 4. The van der Waals surface area contributed by atoms with Crippen LogP contribution in [0.2, 0.25) is 0 Å². The average Bonchev–Trinajstić information content (AvgIpc) is 2.85. The molecule has 1 N–H and O–H groups in total. The summed E-state index contributed by atoms with van der Waals surface area (Å²) in [5.74, 6) is 0. The van der Waals surface area contributed by atoms with Crippen LogP contribution in [0, 0.1) is 10.1 Å². The van der Waals surface area contributed by atoms with Crippen LogP contribution in [0.5, 0.6) is 0 Å². The molecule has 0 bridgehead atoms. The molecule has 0 spiro atoms. The van der Waals surface area contributed by atoms with Crippen LogP contribution in [0.4, 0.5) is 30.2 Å². The maximum Gasteiger partial charge on any atom is 0.423 e. The van der Waals surface area contributed by atoms with Crippen molar-refractivity contribution in [3.05, 3.63) is 46.3 Å². The third-order valence-corrected chi connectivity index (χ3v) is 2.74. The number of nitrogens with one attached hydrogen (secondary N) is 1. The third-order valence-electron chi connectivity index (χ3n) is 2.74. The summed E-state index contributed by atoms with van der Waals surface area (Å²) >= 11 is 0. The van der Waals surface area contributed by atoms with Gasteiger partial charge in [-0.2, -0.15) is 18.3 Å². The van der Waals surface area contributed by atoms with Crippen molar-refractivity contribution in [3.8, 4) is 0 Å². The lowest BCUT2D eigenvalue weighted by Crippen LogP contribution is -2.09. The fourth-order valence-corrected chi connectivity index (χ4v) is 1.77. The number of nitro groups is 1. The van der Waals surface area contributed by atoms with E-state index in [1.165, 1.54) is 12.3 Å². The molecule has 0 aliphatic rings. The second-order valence-corrected chi connectivity index (χ2v) is 4.20. The molecule has 1 aromatic carbocycles. The van der Waals surface area contributed by atoms with Crippen molar-refractivity contribution in [1.82, 2.24) is 9.78 Å². The van der Waals surface area contributed by atoms with E-state index in [1.54, 1.807) is 10.9 Å². The minimum atomic E-state index is -4.80. The Balaban J connectivity index is 2.35. The molecule has 1 heterocycles. The van der Waals surface area contributed by atoms with Gasteiger partial charge in [0.1, 0.15) is 5.56 Å². The van der Waals surface area contributed by atoms with Crippen LogP contribution in [0.1, 0.15) is 12.5 Å². The van der Waals surface area contributed by atoms with E-state index in [0.29, 0.717) is 18.3 Å². The number of alkyl halides is 3. The highest BCUT2D eigenvalue weighted by Gasteiger charge is 2.38. The van der Waals surface area contributed by atoms with Crippen LogP contribution in [0.3, 0.4) is 0 Å². The fourth-order valence-electron chi connectivity index (χ4n) is 1.77. The van der Waals surface area contributed by atoms with Crippen LogP contribution >= 0.6 is 0 Å². The van der Waals surface area contributed by atoms with Gasteiger partial charge in [0.15, 0.2) is 0 Å². The lowest BCUT2D eigenvalue weighted by molar-refractivity contribution is -0.388. The topological polar surface area (TPSA) is 73.0 Å². The Morgan fingerprint density at radius 3 is 2.62 bits per heavy atom. The summed E-state index contributed by atoms with van der Waals surface area (Å²) in [6.07, 6.45) is -1.72. The summed E-state index contributed by atoms with van der Waals surface area (Å²) < 4.78 is 40.1. The first-order valence-corrected chi connectivity index (χ1v) is 5.96. The van der Waals surface area contributed by atoms with Crippen LogP contribution in [-0.4, -0.2) is 14.7 Å². The van der Waals surface area contributed by atoms with Crippen LogP contribution in [-0.2, 0) is 12.7 Å². The fraction of sp³-hybridized carbons (Fsp3) is 0.250. The zero-order valence-electron chi connectivity index (χ0n) is 10.9. The third kappa shape index (κ3) is 3.30. The van der Waals surface area contributed by atoms with E-state index in [1.807, 2.05) is 6.92 Å². The Kier molecular flexibility index (Phi) is 3.83. The number of benzene rings is 1. The predicted molar refractivity (Wildman–Crippen MR) is 69.3 cm³/mol. The van der Waals surface area contributed by atoms with Crippen molar-refractivity contribution in [2.24, 2.45) is 0 Å². The Morgan fingerprint density at radius 1 is 1.38 bits per heavy atom. The molecule has 6 nitrogen and oxygen atoms in total. The van der Waals surface area contributed by atoms with Gasteiger partial charge in [0.25, 0.3) is 5.69 Å². The lowest BCUT2D eigenvalue weighted by Gasteiger charge is -2.10. The van der Waals surface area contributed by atoms with Crippen LogP contribution in [0.25, 0.3) is 0 Å². The molecule has 21 heavy (non-hydrogen) atoms. The first-order valence-electron chi connectivity index (χ1n) is 5.96. The SMILES string of the molecule is CCn1cc(Nc2ccc([N+](=O)[O-])c(C(F)(F)F)c2)cn1. The molecule has 0 atom stereocenters. The number of aryl methyl sites for hydroxylation is 1. The Morgan fingerprint density at radius 2 is 2.10 bits per heavy atom. The number of halogens is 3. The summed E-state index contributed by atoms with van der Waals surface area (Å²) in [5.41, 5.74) is -1.67. The molecule has 1 aromatic heterocycles. The van der Waals surface area contributed by atoms with E-state index in [-0.39, 0.29) is 5.69 Å². The van der Waals surface area contributed by atoms with E-state index in [9.17, 15) is 23.3 Å². The second-order valence-electron chi connectivity index (χ2n) is 4.20. The Hall–Kier alpha value is -2.58. The van der Waals surface area contributed by atoms with Crippen LogP contribution < -0.4 is 5.32 Å². The minimum absolute atomic E-state index is 0.101. The molecule has 112 valence electrons. The maximum atomic E-state index is 12.8. The van der Waals surface area contributed by atoms with Crippen molar-refractivity contribution in [3.63, 3.8) is 0 Å². The highest BCUT2D eigenvalue weighted by Crippen LogP contribution is 2.38. The summed E-state index contributed by atoms with van der Waals surface area (Å²) in [6.45, 7) is 2.49. The smallest absolute Gasteiger partial charge is 0.353 e. The van der Waals surface area contributed by atoms with E-state index in [0.717, 1.165) is 6.07 Å². The van der Waals surface area contributed by atoms with Crippen molar-refractivity contribution in [2.75, 3.05) is 5.32 Å². The Bertz CT molecular complexity index is 667. The highest BCUT2D eigenvalue weighted by atomic mass is 19.4. The normalized spacial score (nSPS) is 11.4. The standard InChI is InChI=1S/C12H11F3N4O2/c1-2-18-7-9(6-16-18)17-8-3-4-11(19(20)21)10(5-8)12(13,14)15/h3-7,17H,2H2,1H3. The average molecular weight is 300 g/mol. The number of nitrogens with zero attached hydrogens (tertiary/aromatic N) is 3. The van der Waals surface area contributed by atoms with Gasteiger partial charge in [0.2, 0.25) is 0 Å². The molecule has 0 aliphatic heterocycles. The summed E-state index contributed by atoms with van der Waals surface area (Å²) in [5, 5.41) is 17.4. The minimum Gasteiger partial charge on any atom is -0.353 e. The zero-order valence-corrected chi connectivity index (χ0v) is 10.9. The maximum absolute atomic E-state index is 12.8. The molecule has 2 rings (SSSR count). The van der Waals surface area contributed by atoms with Gasteiger partial charge >= 0.3 is 6.18 Å². The van der Waals surface area contributed by atoms with Gasteiger partial charge < -0.3 is 5.32 Å². The van der Waals surface area contributed by atoms with Crippen LogP contribution in [0.15, 0.2) is 30.6 Å². The van der Waals surface area contributed by atoms with Gasteiger partial charge in [-0.25, -0.2) is 0 Å². The summed E-state index contributed by atoms with van der Waals surface area (Å²) in [4.78, 5) is 9.60. The molecule has 0 saturated carbocycles. The lowest BCUT2D eigenvalue weighted by atomic mass is 10.1. The highest BCUT2D eigenvalue weighted by molar-refractivity contribution is 5.62. The van der Waals surface area contributed by atoms with Gasteiger partial charge in [-0.3, -0.25) is 14.8 Å². The number of hydrogen-bond donors (Lipinski definition) is 1. The van der Waals surface area contributed by atoms with Crippen molar-refractivity contribution in [1.29, 1.82) is 0 Å². The monoisotopic (exact) mass is 300 g/mol. The molecule has 2 aromatic rings. The molecule has 0 unspecified atom stereocenters. The van der Waals surface area contributed by atoms with Gasteiger partial charge in [-0.15, -0.1) is 0 Å². The van der Waals surface area contributed by atoms with Gasteiger partial charge in [-0.1, -0.05) is 0 Å². The number of hydrogen-bond acceptors (Lipinski definition) is 4. The van der Waals surface area contributed by atoms with Gasteiger partial charge in [0, 0.05) is 24.5 Å². The quantitative estimate of drug-likeness (QED) is 0.692. The molecule has 9 heteroatoms. The predicted octanol–water partition coefficient (Wildman–Crippen LogP) is 3.57. The molecule has 0 saturated heterocycles. The molecule has 0 amide bonds. The largest absolute Gasteiger partial charge is 0.423 e. The second kappa shape index (κ2) is 5.43. The summed E-state index contributed by atoms with van der Waals surface area (Å²) in [6, 6.07) is 2.76. The van der Waals surface area contributed by atoms with Crippen molar-refractivity contribution >= 4 is 17.1 Å². The molecular formula is C12H11F3N4O2.